The van der Waals surface area contributed by atoms with E-state index in [0.717, 1.165) is 5.75 Å². The largest absolute Gasteiger partial charge is 0.497 e. The minimum atomic E-state index is -1.45. The molecule has 0 unspecified atom stereocenters. The summed E-state index contributed by atoms with van der Waals surface area (Å²) in [4.78, 5) is 0. The van der Waals surface area contributed by atoms with Crippen molar-refractivity contribution in [3.8, 4) is 5.75 Å². The average molecular weight is 347 g/mol. The Hall–Kier alpha value is -1.02. The molecular formula is C22H38OSi. The molecule has 0 saturated carbocycles. The highest BCUT2D eigenvalue weighted by Crippen LogP contribution is 2.13. The molecule has 1 aromatic rings. The van der Waals surface area contributed by atoms with Gasteiger partial charge in [0.1, 0.15) is 13.8 Å². The normalized spacial score (nSPS) is 12.0. The molecule has 0 spiro atoms. The standard InChI is InChI=1S/C22H38OSi/c1-5-6-7-8-9-10-11-12-13-14-15-20-24(3,4)22-18-16-21(23-2)17-19-22/h15-20H,5-14H2,1-4H3/b20-15-. The predicted octanol–water partition coefficient (Wildman–Crippen LogP) is 6.63. The molecule has 0 amide bonds. The van der Waals surface area contributed by atoms with Crippen LogP contribution in [0.15, 0.2) is 36.0 Å². The van der Waals surface area contributed by atoms with Crippen molar-refractivity contribution in [1.29, 1.82) is 0 Å². The molecule has 2 heteroatoms. The minimum absolute atomic E-state index is 0.947. The maximum absolute atomic E-state index is 5.25. The van der Waals surface area contributed by atoms with E-state index in [9.17, 15) is 0 Å². The molecule has 0 aromatic heterocycles. The fourth-order valence-corrected chi connectivity index (χ4v) is 5.04. The van der Waals surface area contributed by atoms with Gasteiger partial charge in [0.15, 0.2) is 0 Å². The monoisotopic (exact) mass is 346 g/mol. The Kier molecular flexibility index (Phi) is 10.8. The summed E-state index contributed by atoms with van der Waals surface area (Å²) in [5.41, 5.74) is 2.50. The van der Waals surface area contributed by atoms with E-state index in [1.165, 1.54) is 69.4 Å². The van der Waals surface area contributed by atoms with Crippen LogP contribution in [0.2, 0.25) is 13.1 Å². The van der Waals surface area contributed by atoms with E-state index in [1.807, 2.05) is 0 Å². The van der Waals surface area contributed by atoms with Crippen molar-refractivity contribution in [2.75, 3.05) is 7.11 Å². The van der Waals surface area contributed by atoms with E-state index in [4.69, 9.17) is 4.74 Å². The molecule has 1 aromatic carbocycles. The van der Waals surface area contributed by atoms with Gasteiger partial charge in [-0.15, -0.1) is 0 Å². The molecule has 0 atom stereocenters. The molecule has 0 aliphatic carbocycles. The van der Waals surface area contributed by atoms with E-state index in [2.05, 4.69) is 56.1 Å². The first-order valence-electron chi connectivity index (χ1n) is 9.92. The number of hydrogen-bond donors (Lipinski definition) is 0. The highest BCUT2D eigenvalue weighted by Gasteiger charge is 2.19. The van der Waals surface area contributed by atoms with Gasteiger partial charge >= 0.3 is 0 Å². The number of rotatable bonds is 13. The minimum Gasteiger partial charge on any atom is -0.497 e. The third-order valence-electron chi connectivity index (χ3n) is 4.84. The Bertz CT molecular complexity index is 448. The van der Waals surface area contributed by atoms with Crippen LogP contribution in [-0.2, 0) is 0 Å². The van der Waals surface area contributed by atoms with Gasteiger partial charge in [0.2, 0.25) is 0 Å². The van der Waals surface area contributed by atoms with Gasteiger partial charge in [-0.1, -0.05) is 100 Å². The van der Waals surface area contributed by atoms with Crippen LogP contribution >= 0.6 is 0 Å². The second-order valence-electron chi connectivity index (χ2n) is 7.47. The van der Waals surface area contributed by atoms with Gasteiger partial charge in [-0.25, -0.2) is 0 Å². The molecule has 0 saturated heterocycles. The van der Waals surface area contributed by atoms with Crippen molar-refractivity contribution in [2.45, 2.75) is 84.2 Å². The number of allylic oxidation sites excluding steroid dienone is 1. The number of benzene rings is 1. The molecular weight excluding hydrogens is 308 g/mol. The molecule has 1 nitrogen and oxygen atoms in total. The lowest BCUT2D eigenvalue weighted by atomic mass is 10.1. The topological polar surface area (TPSA) is 9.23 Å². The highest BCUT2D eigenvalue weighted by atomic mass is 28.3. The molecule has 0 bridgehead atoms. The Morgan fingerprint density at radius 2 is 1.38 bits per heavy atom. The summed E-state index contributed by atoms with van der Waals surface area (Å²) < 4.78 is 5.25. The molecule has 0 aliphatic rings. The summed E-state index contributed by atoms with van der Waals surface area (Å²) in [6.07, 6.45) is 16.3. The molecule has 0 radical (unpaired) electrons. The molecule has 136 valence electrons. The van der Waals surface area contributed by atoms with Gasteiger partial charge in [0.05, 0.1) is 7.11 Å². The van der Waals surface area contributed by atoms with Crippen LogP contribution in [0.5, 0.6) is 5.75 Å². The van der Waals surface area contributed by atoms with Crippen molar-refractivity contribution < 1.29 is 4.74 Å². The zero-order valence-electron chi connectivity index (χ0n) is 16.4. The molecule has 0 heterocycles. The lowest BCUT2D eigenvalue weighted by molar-refractivity contribution is 0.415. The Morgan fingerprint density at radius 3 is 1.92 bits per heavy atom. The van der Waals surface area contributed by atoms with Crippen LogP contribution in [0, 0.1) is 0 Å². The number of hydrogen-bond acceptors (Lipinski definition) is 1. The molecule has 0 aliphatic heterocycles. The van der Waals surface area contributed by atoms with E-state index in [-0.39, 0.29) is 0 Å². The number of methoxy groups -OCH3 is 1. The molecule has 0 N–H and O–H groups in total. The van der Waals surface area contributed by atoms with Crippen LogP contribution < -0.4 is 9.92 Å². The zero-order chi connectivity index (χ0) is 17.7. The Morgan fingerprint density at radius 1 is 0.833 bits per heavy atom. The first kappa shape index (κ1) is 21.0. The van der Waals surface area contributed by atoms with Gasteiger partial charge < -0.3 is 4.74 Å². The van der Waals surface area contributed by atoms with Crippen molar-refractivity contribution in [2.24, 2.45) is 0 Å². The lowest BCUT2D eigenvalue weighted by Crippen LogP contribution is -2.39. The van der Waals surface area contributed by atoms with E-state index >= 15 is 0 Å². The van der Waals surface area contributed by atoms with Crippen LogP contribution in [0.4, 0.5) is 0 Å². The predicted molar refractivity (Wildman–Crippen MR) is 111 cm³/mol. The van der Waals surface area contributed by atoms with Gasteiger partial charge in [-0.3, -0.25) is 0 Å². The van der Waals surface area contributed by atoms with Crippen LogP contribution in [0.3, 0.4) is 0 Å². The van der Waals surface area contributed by atoms with Gasteiger partial charge in [-0.2, -0.15) is 0 Å². The summed E-state index contributed by atoms with van der Waals surface area (Å²) in [5, 5.41) is 1.48. The summed E-state index contributed by atoms with van der Waals surface area (Å²) >= 11 is 0. The van der Waals surface area contributed by atoms with E-state index in [0.29, 0.717) is 0 Å². The maximum atomic E-state index is 5.25. The van der Waals surface area contributed by atoms with Crippen LogP contribution in [0.1, 0.15) is 71.1 Å². The summed E-state index contributed by atoms with van der Waals surface area (Å²) in [6.45, 7) is 7.12. The second-order valence-corrected chi connectivity index (χ2v) is 11.8. The third-order valence-corrected chi connectivity index (χ3v) is 7.73. The average Bonchev–Trinajstić information content (AvgIpc) is 2.59. The van der Waals surface area contributed by atoms with Crippen LogP contribution in [-0.4, -0.2) is 15.2 Å². The Balaban J connectivity index is 2.16. The fraction of sp³-hybridized carbons (Fsp3) is 0.636. The smallest absolute Gasteiger partial charge is 0.118 e. The molecule has 24 heavy (non-hydrogen) atoms. The van der Waals surface area contributed by atoms with E-state index in [1.54, 1.807) is 7.11 Å². The summed E-state index contributed by atoms with van der Waals surface area (Å²) in [7, 11) is 0.280. The summed E-state index contributed by atoms with van der Waals surface area (Å²) in [6, 6.07) is 8.62. The van der Waals surface area contributed by atoms with E-state index < -0.39 is 8.07 Å². The van der Waals surface area contributed by atoms with Crippen molar-refractivity contribution >= 4 is 13.3 Å². The zero-order valence-corrected chi connectivity index (χ0v) is 17.4. The maximum Gasteiger partial charge on any atom is 0.118 e. The highest BCUT2D eigenvalue weighted by molar-refractivity contribution is 6.93. The number of unbranched alkanes of at least 4 members (excludes halogenated alkanes) is 9. The molecule has 1 rings (SSSR count). The SMILES string of the molecule is CCCCCCCCCCC/C=C\[Si](C)(C)c1ccc(OC)cc1. The fourth-order valence-electron chi connectivity index (χ4n) is 3.07. The first-order chi connectivity index (χ1) is 11.6. The van der Waals surface area contributed by atoms with Gasteiger partial charge in [-0.05, 0) is 25.0 Å². The van der Waals surface area contributed by atoms with Gasteiger partial charge in [0, 0.05) is 0 Å². The van der Waals surface area contributed by atoms with Crippen molar-refractivity contribution in [3.05, 3.63) is 36.0 Å². The van der Waals surface area contributed by atoms with Crippen molar-refractivity contribution in [1.82, 2.24) is 0 Å². The second kappa shape index (κ2) is 12.4. The van der Waals surface area contributed by atoms with Crippen LogP contribution in [0.25, 0.3) is 0 Å². The number of ether oxygens (including phenoxy) is 1. The van der Waals surface area contributed by atoms with Gasteiger partial charge in [0.25, 0.3) is 0 Å². The Labute approximate surface area is 151 Å². The quantitative estimate of drug-likeness (QED) is 0.288. The first-order valence-corrected chi connectivity index (χ1v) is 13.0. The van der Waals surface area contributed by atoms with Crippen molar-refractivity contribution in [3.63, 3.8) is 0 Å². The molecule has 0 fully saturated rings. The third kappa shape index (κ3) is 8.72. The lowest BCUT2D eigenvalue weighted by Gasteiger charge is -2.18. The summed E-state index contributed by atoms with van der Waals surface area (Å²) in [5.74, 6) is 0.947.